The van der Waals surface area contributed by atoms with Gasteiger partial charge >= 0.3 is 0 Å². The van der Waals surface area contributed by atoms with Crippen molar-refractivity contribution in [3.8, 4) is 0 Å². The van der Waals surface area contributed by atoms with E-state index in [2.05, 4.69) is 38.4 Å². The SMILES string of the molecule is CC(C)(I)C1=NC(O)NN1. The Balaban J connectivity index is 2.67. The molecule has 1 heterocycles. The molecule has 0 aromatic heterocycles. The molecule has 4 nitrogen and oxygen atoms in total. The minimum Gasteiger partial charge on any atom is -0.358 e. The molecule has 0 saturated carbocycles. The van der Waals surface area contributed by atoms with E-state index in [1.54, 1.807) is 0 Å². The zero-order valence-corrected chi connectivity index (χ0v) is 8.01. The molecule has 0 amide bonds. The van der Waals surface area contributed by atoms with Crippen LogP contribution in [0.25, 0.3) is 0 Å². The van der Waals surface area contributed by atoms with Crippen molar-refractivity contribution in [2.24, 2.45) is 4.99 Å². The van der Waals surface area contributed by atoms with Gasteiger partial charge in [0.15, 0.2) is 0 Å². The Bertz CT molecular complexity index is 163. The van der Waals surface area contributed by atoms with Gasteiger partial charge in [-0.2, -0.15) is 5.43 Å². The van der Waals surface area contributed by atoms with Crippen molar-refractivity contribution in [2.45, 2.75) is 23.6 Å². The number of hydrazine groups is 1. The van der Waals surface area contributed by atoms with Crippen molar-refractivity contribution in [3.63, 3.8) is 0 Å². The molecule has 0 saturated heterocycles. The smallest absolute Gasteiger partial charge is 0.220 e. The average Bonchev–Trinajstić information content (AvgIpc) is 2.11. The second-order valence-corrected chi connectivity index (χ2v) is 5.29. The third-order valence-electron chi connectivity index (χ3n) is 1.13. The number of aliphatic hydroxyl groups is 1. The summed E-state index contributed by atoms with van der Waals surface area (Å²) < 4.78 is -0.0533. The van der Waals surface area contributed by atoms with Crippen LogP contribution in [-0.2, 0) is 0 Å². The van der Waals surface area contributed by atoms with E-state index in [0.717, 1.165) is 5.84 Å². The summed E-state index contributed by atoms with van der Waals surface area (Å²) in [5.41, 5.74) is 5.36. The summed E-state index contributed by atoms with van der Waals surface area (Å²) in [4.78, 5) is 3.90. The molecule has 0 aliphatic carbocycles. The number of aliphatic imine (C=N–C) groups is 1. The summed E-state index contributed by atoms with van der Waals surface area (Å²) in [5.74, 6) is 0.778. The fourth-order valence-electron chi connectivity index (χ4n) is 0.622. The summed E-state index contributed by atoms with van der Waals surface area (Å²) in [7, 11) is 0. The molecule has 58 valence electrons. The van der Waals surface area contributed by atoms with E-state index in [1.807, 2.05) is 13.8 Å². The Morgan fingerprint density at radius 3 is 2.50 bits per heavy atom. The van der Waals surface area contributed by atoms with Gasteiger partial charge in [0, 0.05) is 0 Å². The van der Waals surface area contributed by atoms with E-state index in [4.69, 9.17) is 5.11 Å². The number of rotatable bonds is 1. The minimum absolute atomic E-state index is 0.0533. The highest BCUT2D eigenvalue weighted by Crippen LogP contribution is 2.18. The first-order valence-corrected chi connectivity index (χ1v) is 4.05. The maximum atomic E-state index is 8.90. The topological polar surface area (TPSA) is 56.7 Å². The molecule has 1 aliphatic heterocycles. The van der Waals surface area contributed by atoms with Crippen LogP contribution in [0.3, 0.4) is 0 Å². The number of aliphatic hydroxyl groups excluding tert-OH is 1. The lowest BCUT2D eigenvalue weighted by Gasteiger charge is -2.15. The molecule has 1 rings (SSSR count). The number of alkyl halides is 1. The Hall–Kier alpha value is 0.120. The Labute approximate surface area is 73.2 Å². The van der Waals surface area contributed by atoms with Crippen LogP contribution >= 0.6 is 22.6 Å². The maximum absolute atomic E-state index is 8.90. The van der Waals surface area contributed by atoms with Crippen LogP contribution in [0.5, 0.6) is 0 Å². The molecule has 3 N–H and O–H groups in total. The Kier molecular flexibility index (Phi) is 2.16. The zero-order chi connectivity index (χ0) is 7.78. The molecule has 0 aromatic carbocycles. The molecular formula is C5H10IN3O. The standard InChI is InChI=1S/C5H10IN3O/c1-5(2,6)3-7-4(10)9-8-3/h4,9-10H,1-2H3,(H,7,8). The van der Waals surface area contributed by atoms with Crippen molar-refractivity contribution in [2.75, 3.05) is 0 Å². The van der Waals surface area contributed by atoms with Crippen LogP contribution in [0, 0.1) is 0 Å². The zero-order valence-electron chi connectivity index (χ0n) is 5.85. The highest BCUT2D eigenvalue weighted by molar-refractivity contribution is 14.1. The van der Waals surface area contributed by atoms with E-state index >= 15 is 0 Å². The van der Waals surface area contributed by atoms with Gasteiger partial charge in [0.1, 0.15) is 5.84 Å². The average molecular weight is 255 g/mol. The third kappa shape index (κ3) is 1.80. The van der Waals surface area contributed by atoms with Gasteiger partial charge in [-0.1, -0.05) is 22.6 Å². The normalized spacial score (nSPS) is 26.0. The largest absolute Gasteiger partial charge is 0.358 e. The van der Waals surface area contributed by atoms with Crippen molar-refractivity contribution in [3.05, 3.63) is 0 Å². The quantitative estimate of drug-likeness (QED) is 0.456. The summed E-state index contributed by atoms with van der Waals surface area (Å²) in [6, 6.07) is 0. The van der Waals surface area contributed by atoms with Gasteiger partial charge in [0.2, 0.25) is 6.35 Å². The first-order chi connectivity index (χ1) is 4.50. The highest BCUT2D eigenvalue weighted by atomic mass is 127. The summed E-state index contributed by atoms with van der Waals surface area (Å²) in [6.07, 6.45) is -0.788. The van der Waals surface area contributed by atoms with Crippen LogP contribution in [0.2, 0.25) is 0 Å². The molecule has 0 radical (unpaired) electrons. The van der Waals surface area contributed by atoms with Crippen LogP contribution in [0.4, 0.5) is 0 Å². The molecule has 0 spiro atoms. The fourth-order valence-corrected chi connectivity index (χ4v) is 0.896. The van der Waals surface area contributed by atoms with Gasteiger partial charge in [-0.25, -0.2) is 4.99 Å². The van der Waals surface area contributed by atoms with Crippen molar-refractivity contribution >= 4 is 28.4 Å². The molecule has 1 unspecified atom stereocenters. The molecular weight excluding hydrogens is 245 g/mol. The Morgan fingerprint density at radius 2 is 2.30 bits per heavy atom. The van der Waals surface area contributed by atoms with Gasteiger partial charge in [0.05, 0.1) is 3.42 Å². The second-order valence-electron chi connectivity index (χ2n) is 2.59. The van der Waals surface area contributed by atoms with E-state index in [0.29, 0.717) is 0 Å². The monoisotopic (exact) mass is 255 g/mol. The predicted octanol–water partition coefficient (Wildman–Crippen LogP) is -0.0178. The lowest BCUT2D eigenvalue weighted by atomic mass is 10.2. The predicted molar refractivity (Wildman–Crippen MR) is 47.8 cm³/mol. The van der Waals surface area contributed by atoms with Crippen LogP contribution < -0.4 is 10.9 Å². The number of hydrogen-bond acceptors (Lipinski definition) is 4. The number of nitrogens with one attached hydrogen (secondary N) is 2. The molecule has 1 aliphatic rings. The summed E-state index contributed by atoms with van der Waals surface area (Å²) in [6.45, 7) is 4.03. The van der Waals surface area contributed by atoms with Crippen molar-refractivity contribution < 1.29 is 5.11 Å². The van der Waals surface area contributed by atoms with Gasteiger partial charge in [-0.15, -0.1) is 0 Å². The number of hydrogen-bond donors (Lipinski definition) is 3. The van der Waals surface area contributed by atoms with Gasteiger partial charge in [0.25, 0.3) is 0 Å². The first kappa shape index (κ1) is 8.22. The van der Waals surface area contributed by atoms with Crippen molar-refractivity contribution in [1.82, 2.24) is 10.9 Å². The Morgan fingerprint density at radius 1 is 1.70 bits per heavy atom. The lowest BCUT2D eigenvalue weighted by Crippen LogP contribution is -2.41. The minimum atomic E-state index is -0.788. The summed E-state index contributed by atoms with van der Waals surface area (Å²) in [5, 5.41) is 8.90. The fraction of sp³-hybridized carbons (Fsp3) is 0.800. The van der Waals surface area contributed by atoms with Gasteiger partial charge < -0.3 is 10.5 Å². The summed E-state index contributed by atoms with van der Waals surface area (Å²) >= 11 is 2.24. The third-order valence-corrected chi connectivity index (χ3v) is 1.65. The maximum Gasteiger partial charge on any atom is 0.220 e. The molecule has 0 bridgehead atoms. The van der Waals surface area contributed by atoms with Crippen LogP contribution in [0.15, 0.2) is 4.99 Å². The van der Waals surface area contributed by atoms with Crippen molar-refractivity contribution in [1.29, 1.82) is 0 Å². The van der Waals surface area contributed by atoms with Gasteiger partial charge in [-0.3, -0.25) is 0 Å². The number of amidine groups is 1. The van der Waals surface area contributed by atoms with E-state index in [-0.39, 0.29) is 3.42 Å². The lowest BCUT2D eigenvalue weighted by molar-refractivity contribution is 0.152. The van der Waals surface area contributed by atoms with E-state index in [1.165, 1.54) is 0 Å². The highest BCUT2D eigenvalue weighted by Gasteiger charge is 2.25. The van der Waals surface area contributed by atoms with Crippen LogP contribution in [-0.4, -0.2) is 20.7 Å². The van der Waals surface area contributed by atoms with E-state index < -0.39 is 6.35 Å². The second kappa shape index (κ2) is 2.63. The van der Waals surface area contributed by atoms with Crippen LogP contribution in [0.1, 0.15) is 13.8 Å². The first-order valence-electron chi connectivity index (χ1n) is 2.97. The number of halogens is 1. The number of nitrogens with zero attached hydrogens (tertiary/aromatic N) is 1. The molecule has 0 fully saturated rings. The molecule has 1 atom stereocenters. The molecule has 5 heteroatoms. The van der Waals surface area contributed by atoms with E-state index in [9.17, 15) is 0 Å². The molecule has 0 aromatic rings. The molecule has 10 heavy (non-hydrogen) atoms. The van der Waals surface area contributed by atoms with Gasteiger partial charge in [-0.05, 0) is 13.8 Å².